The van der Waals surface area contributed by atoms with Crippen LogP contribution in [0.2, 0.25) is 0 Å². The van der Waals surface area contributed by atoms with Gasteiger partial charge in [0.05, 0.1) is 17.2 Å². The molecule has 92 valence electrons. The van der Waals surface area contributed by atoms with E-state index in [1.165, 1.54) is 0 Å². The molecule has 2 rings (SSSR count). The van der Waals surface area contributed by atoms with Crippen LogP contribution in [0.4, 0.5) is 0 Å². The largest absolute Gasteiger partial charge is 0.480 e. The van der Waals surface area contributed by atoms with E-state index in [0.717, 1.165) is 17.1 Å². The molecule has 0 aromatic carbocycles. The molecule has 1 saturated carbocycles. The first-order valence-electron chi connectivity index (χ1n) is 5.53. The Morgan fingerprint density at radius 3 is 2.76 bits per heavy atom. The van der Waals surface area contributed by atoms with Crippen molar-refractivity contribution in [1.82, 2.24) is 10.3 Å². The third kappa shape index (κ3) is 2.31. The van der Waals surface area contributed by atoms with Crippen molar-refractivity contribution in [2.45, 2.75) is 32.7 Å². The summed E-state index contributed by atoms with van der Waals surface area (Å²) in [4.78, 5) is 26.9. The summed E-state index contributed by atoms with van der Waals surface area (Å²) in [6.07, 6.45) is 1.74. The fourth-order valence-electron chi connectivity index (χ4n) is 1.60. The van der Waals surface area contributed by atoms with E-state index >= 15 is 0 Å². The lowest BCUT2D eigenvalue weighted by molar-refractivity contribution is -0.149. The van der Waals surface area contributed by atoms with Crippen LogP contribution < -0.4 is 5.32 Å². The quantitative estimate of drug-likeness (QED) is 0.773. The van der Waals surface area contributed by atoms with Crippen LogP contribution in [0.15, 0.2) is 5.38 Å². The van der Waals surface area contributed by atoms with E-state index in [4.69, 9.17) is 5.11 Å². The summed E-state index contributed by atoms with van der Waals surface area (Å²) < 4.78 is 0. The van der Waals surface area contributed by atoms with Crippen LogP contribution in [-0.4, -0.2) is 22.0 Å². The number of carboxylic acids is 1. The summed E-state index contributed by atoms with van der Waals surface area (Å²) in [5.41, 5.74) is -0.370. The van der Waals surface area contributed by atoms with E-state index in [-0.39, 0.29) is 0 Å². The molecule has 1 aliphatic rings. The topological polar surface area (TPSA) is 79.3 Å². The first kappa shape index (κ1) is 12.0. The Kier molecular flexibility index (Phi) is 3.15. The molecule has 0 atom stereocenters. The van der Waals surface area contributed by atoms with E-state index in [1.807, 2.05) is 12.3 Å². The van der Waals surface area contributed by atoms with Gasteiger partial charge < -0.3 is 10.4 Å². The monoisotopic (exact) mass is 254 g/mol. The number of carbonyl (C=O) groups excluding carboxylic acids is 1. The van der Waals surface area contributed by atoms with Gasteiger partial charge in [-0.3, -0.25) is 9.59 Å². The van der Waals surface area contributed by atoms with Gasteiger partial charge in [0, 0.05) is 5.38 Å². The van der Waals surface area contributed by atoms with Crippen molar-refractivity contribution in [1.29, 1.82) is 0 Å². The standard InChI is InChI=1S/C11H14N2O3S/c1-2-8-13-7(6-17-8)5-12-9(14)11(3-4-11)10(15)16/h6H,2-5H2,1H3,(H,12,14)(H,15,16). The maximum atomic E-state index is 11.7. The molecule has 5 nitrogen and oxygen atoms in total. The molecule has 0 saturated heterocycles. The normalized spacial score (nSPS) is 16.5. The van der Waals surface area contributed by atoms with E-state index in [2.05, 4.69) is 10.3 Å². The molecule has 1 amide bonds. The molecule has 1 fully saturated rings. The number of aromatic nitrogens is 1. The lowest BCUT2D eigenvalue weighted by Crippen LogP contribution is -2.36. The highest BCUT2D eigenvalue weighted by Crippen LogP contribution is 2.46. The number of hydrogen-bond donors (Lipinski definition) is 2. The van der Waals surface area contributed by atoms with E-state index < -0.39 is 17.3 Å². The first-order valence-corrected chi connectivity index (χ1v) is 6.41. The van der Waals surface area contributed by atoms with Gasteiger partial charge in [-0.1, -0.05) is 6.92 Å². The molecule has 1 aromatic heterocycles. The minimum absolute atomic E-state index is 0.310. The van der Waals surface area contributed by atoms with Gasteiger partial charge in [0.1, 0.15) is 5.41 Å². The SMILES string of the molecule is CCc1nc(CNC(=O)C2(C(=O)O)CC2)cs1. The van der Waals surface area contributed by atoms with Crippen molar-refractivity contribution in [2.75, 3.05) is 0 Å². The molecule has 1 aromatic rings. The molecule has 0 spiro atoms. The Morgan fingerprint density at radius 2 is 2.29 bits per heavy atom. The number of aliphatic carboxylic acids is 1. The van der Waals surface area contributed by atoms with E-state index in [0.29, 0.717) is 19.4 Å². The highest BCUT2D eigenvalue weighted by molar-refractivity contribution is 7.09. The maximum absolute atomic E-state index is 11.7. The second-order valence-corrected chi connectivity index (χ2v) is 5.10. The minimum Gasteiger partial charge on any atom is -0.480 e. The van der Waals surface area contributed by atoms with Gasteiger partial charge in [-0.15, -0.1) is 11.3 Å². The van der Waals surface area contributed by atoms with Crippen molar-refractivity contribution in [3.05, 3.63) is 16.1 Å². The zero-order valence-electron chi connectivity index (χ0n) is 9.52. The lowest BCUT2D eigenvalue weighted by Gasteiger charge is -2.09. The number of carboxylic acid groups (broad SMARTS) is 1. The molecule has 0 bridgehead atoms. The Hall–Kier alpha value is -1.43. The van der Waals surface area contributed by atoms with Crippen molar-refractivity contribution in [3.8, 4) is 0 Å². The van der Waals surface area contributed by atoms with Crippen LogP contribution in [0.5, 0.6) is 0 Å². The predicted molar refractivity (Wildman–Crippen MR) is 62.6 cm³/mol. The van der Waals surface area contributed by atoms with Gasteiger partial charge in [-0.2, -0.15) is 0 Å². The second kappa shape index (κ2) is 4.44. The van der Waals surface area contributed by atoms with Gasteiger partial charge >= 0.3 is 5.97 Å². The Balaban J connectivity index is 1.90. The van der Waals surface area contributed by atoms with Crippen LogP contribution in [0.25, 0.3) is 0 Å². The van der Waals surface area contributed by atoms with Crippen LogP contribution in [0.3, 0.4) is 0 Å². The summed E-state index contributed by atoms with van der Waals surface area (Å²) in [6, 6.07) is 0. The number of nitrogens with one attached hydrogen (secondary N) is 1. The van der Waals surface area contributed by atoms with Gasteiger partial charge in [0.2, 0.25) is 5.91 Å². The summed E-state index contributed by atoms with van der Waals surface area (Å²) in [6.45, 7) is 2.33. The summed E-state index contributed by atoms with van der Waals surface area (Å²) in [5, 5.41) is 14.5. The molecule has 0 aliphatic heterocycles. The molecular formula is C11H14N2O3S. The molecule has 2 N–H and O–H groups in total. The molecule has 6 heteroatoms. The first-order chi connectivity index (χ1) is 8.08. The van der Waals surface area contributed by atoms with Gasteiger partial charge in [0.25, 0.3) is 0 Å². The predicted octanol–water partition coefficient (Wildman–Crippen LogP) is 1.19. The highest BCUT2D eigenvalue weighted by Gasteiger charge is 2.56. The van der Waals surface area contributed by atoms with Crippen molar-refractivity contribution in [2.24, 2.45) is 5.41 Å². The number of rotatable bonds is 5. The molecule has 17 heavy (non-hydrogen) atoms. The summed E-state index contributed by atoms with van der Waals surface area (Å²) >= 11 is 1.55. The molecular weight excluding hydrogens is 240 g/mol. The fourth-order valence-corrected chi connectivity index (χ4v) is 2.34. The number of aryl methyl sites for hydroxylation is 1. The highest BCUT2D eigenvalue weighted by atomic mass is 32.1. The van der Waals surface area contributed by atoms with Crippen LogP contribution in [0.1, 0.15) is 30.5 Å². The Bertz CT molecular complexity index is 451. The Morgan fingerprint density at radius 1 is 1.59 bits per heavy atom. The number of carbonyl (C=O) groups is 2. The Labute approximate surface area is 103 Å². The van der Waals surface area contributed by atoms with Crippen molar-refractivity contribution in [3.63, 3.8) is 0 Å². The smallest absolute Gasteiger partial charge is 0.319 e. The maximum Gasteiger partial charge on any atom is 0.319 e. The zero-order valence-corrected chi connectivity index (χ0v) is 10.3. The zero-order chi connectivity index (χ0) is 12.5. The average molecular weight is 254 g/mol. The number of hydrogen-bond acceptors (Lipinski definition) is 4. The van der Waals surface area contributed by atoms with Crippen LogP contribution in [0, 0.1) is 5.41 Å². The summed E-state index contributed by atoms with van der Waals surface area (Å²) in [7, 11) is 0. The molecule has 0 radical (unpaired) electrons. The van der Waals surface area contributed by atoms with Gasteiger partial charge in [-0.05, 0) is 19.3 Å². The van der Waals surface area contributed by atoms with Gasteiger partial charge in [-0.25, -0.2) is 4.98 Å². The summed E-state index contributed by atoms with van der Waals surface area (Å²) in [5.74, 6) is -1.42. The lowest BCUT2D eigenvalue weighted by atomic mass is 10.1. The second-order valence-electron chi connectivity index (χ2n) is 4.16. The molecule has 1 aliphatic carbocycles. The third-order valence-electron chi connectivity index (χ3n) is 2.93. The number of thiazole rings is 1. The fraction of sp³-hybridized carbons (Fsp3) is 0.545. The average Bonchev–Trinajstić information content (AvgIpc) is 3.00. The van der Waals surface area contributed by atoms with Crippen molar-refractivity contribution >= 4 is 23.2 Å². The minimum atomic E-state index is -1.16. The number of amides is 1. The van der Waals surface area contributed by atoms with Gasteiger partial charge in [0.15, 0.2) is 0 Å². The van der Waals surface area contributed by atoms with E-state index in [1.54, 1.807) is 11.3 Å². The molecule has 1 heterocycles. The number of nitrogens with zero attached hydrogens (tertiary/aromatic N) is 1. The third-order valence-corrected chi connectivity index (χ3v) is 3.97. The van der Waals surface area contributed by atoms with Crippen LogP contribution >= 0.6 is 11.3 Å². The van der Waals surface area contributed by atoms with E-state index in [9.17, 15) is 9.59 Å². The molecule has 0 unspecified atom stereocenters. The van der Waals surface area contributed by atoms with Crippen LogP contribution in [-0.2, 0) is 22.6 Å². The van der Waals surface area contributed by atoms with Crippen molar-refractivity contribution < 1.29 is 14.7 Å².